The molecule has 1 amide bonds. The molecule has 1 fully saturated rings. The molecule has 1 aromatic carbocycles. The average Bonchev–Trinajstić information content (AvgIpc) is 3.03. The van der Waals surface area contributed by atoms with Gasteiger partial charge >= 0.3 is 0 Å². The van der Waals surface area contributed by atoms with E-state index in [0.717, 1.165) is 12.0 Å². The van der Waals surface area contributed by atoms with Gasteiger partial charge in [-0.05, 0) is 56.2 Å². The third kappa shape index (κ3) is 4.13. The van der Waals surface area contributed by atoms with Crippen LogP contribution < -0.4 is 10.3 Å². The Balaban J connectivity index is 1.85. The Morgan fingerprint density at radius 3 is 2.77 bits per heavy atom. The van der Waals surface area contributed by atoms with Gasteiger partial charge in [0.1, 0.15) is 21.3 Å². The van der Waals surface area contributed by atoms with Gasteiger partial charge in [0.2, 0.25) is 5.88 Å². The molecule has 0 radical (unpaired) electrons. The predicted molar refractivity (Wildman–Crippen MR) is 127 cm³/mol. The van der Waals surface area contributed by atoms with Crippen LogP contribution in [-0.4, -0.2) is 30.6 Å². The first kappa shape index (κ1) is 21.3. The molecule has 1 aliphatic heterocycles. The lowest BCUT2D eigenvalue weighted by Crippen LogP contribution is -2.36. The van der Waals surface area contributed by atoms with Crippen molar-refractivity contribution in [1.82, 2.24) is 14.3 Å². The monoisotopic (exact) mass is 451 g/mol. The summed E-state index contributed by atoms with van der Waals surface area (Å²) < 4.78 is 7.93. The van der Waals surface area contributed by atoms with Crippen LogP contribution in [0.5, 0.6) is 11.6 Å². The number of benzene rings is 1. The molecule has 1 saturated heterocycles. The Labute approximate surface area is 189 Å². The summed E-state index contributed by atoms with van der Waals surface area (Å²) in [6.45, 7) is 5.91. The van der Waals surface area contributed by atoms with Crippen LogP contribution in [0.25, 0.3) is 11.7 Å². The predicted octanol–water partition coefficient (Wildman–Crippen LogP) is 4.79. The number of carbonyl (C=O) groups excluding carboxylic acids is 1. The van der Waals surface area contributed by atoms with E-state index in [4.69, 9.17) is 17.0 Å². The Bertz CT molecular complexity index is 1280. The van der Waals surface area contributed by atoms with Gasteiger partial charge in [-0.3, -0.25) is 18.9 Å². The number of ether oxygens (including phenoxy) is 1. The standard InChI is InChI=1S/C23H21N3O3S2/c1-4-15(3)26-22(28)18(31-23(26)30)13-17-20(29-16-9-7-8-14(2)12-16)24-19-10-5-6-11-25(19)21(17)27/h5-13,15H,4H2,1-3H3/b18-13-/t15-/m0/s1. The molecule has 0 saturated carbocycles. The van der Waals surface area contributed by atoms with Crippen LogP contribution in [0.2, 0.25) is 0 Å². The van der Waals surface area contributed by atoms with Gasteiger partial charge in [0.15, 0.2) is 0 Å². The Morgan fingerprint density at radius 1 is 1.23 bits per heavy atom. The number of amides is 1. The van der Waals surface area contributed by atoms with Gasteiger partial charge in [0.25, 0.3) is 11.5 Å². The number of carbonyl (C=O) groups is 1. The van der Waals surface area contributed by atoms with Crippen molar-refractivity contribution in [3.05, 3.63) is 75.0 Å². The van der Waals surface area contributed by atoms with Crippen molar-refractivity contribution in [3.8, 4) is 11.6 Å². The van der Waals surface area contributed by atoms with E-state index in [9.17, 15) is 9.59 Å². The second-order valence-electron chi connectivity index (χ2n) is 7.29. The van der Waals surface area contributed by atoms with Gasteiger partial charge in [0.05, 0.1) is 4.91 Å². The highest BCUT2D eigenvalue weighted by Crippen LogP contribution is 2.35. The quantitative estimate of drug-likeness (QED) is 0.410. The topological polar surface area (TPSA) is 63.9 Å². The summed E-state index contributed by atoms with van der Waals surface area (Å²) in [5, 5.41) is 0. The molecule has 0 unspecified atom stereocenters. The first-order chi connectivity index (χ1) is 14.9. The van der Waals surface area contributed by atoms with Crippen LogP contribution >= 0.6 is 24.0 Å². The number of hydrogen-bond donors (Lipinski definition) is 0. The summed E-state index contributed by atoms with van der Waals surface area (Å²) in [5.41, 5.74) is 1.36. The Kier molecular flexibility index (Phi) is 5.93. The number of aromatic nitrogens is 2. The Hall–Kier alpha value is -2.97. The van der Waals surface area contributed by atoms with Gasteiger partial charge in [-0.25, -0.2) is 0 Å². The first-order valence-electron chi connectivity index (χ1n) is 9.92. The minimum atomic E-state index is -0.318. The molecule has 1 atom stereocenters. The summed E-state index contributed by atoms with van der Waals surface area (Å²) in [4.78, 5) is 32.8. The molecule has 3 aromatic rings. The molecule has 6 nitrogen and oxygen atoms in total. The van der Waals surface area contributed by atoms with Crippen LogP contribution in [0.3, 0.4) is 0 Å². The third-order valence-electron chi connectivity index (χ3n) is 5.07. The largest absolute Gasteiger partial charge is 0.438 e. The number of aryl methyl sites for hydroxylation is 1. The molecular formula is C23H21N3O3S2. The number of nitrogens with zero attached hydrogens (tertiary/aromatic N) is 3. The third-order valence-corrected chi connectivity index (χ3v) is 6.40. The lowest BCUT2D eigenvalue weighted by atomic mass is 10.2. The van der Waals surface area contributed by atoms with Gasteiger partial charge in [-0.2, -0.15) is 4.98 Å². The highest BCUT2D eigenvalue weighted by Gasteiger charge is 2.35. The second-order valence-corrected chi connectivity index (χ2v) is 8.97. The second kappa shape index (κ2) is 8.64. The maximum absolute atomic E-state index is 13.3. The molecule has 0 spiro atoms. The van der Waals surface area contributed by atoms with Gasteiger partial charge < -0.3 is 4.74 Å². The molecule has 8 heteroatoms. The molecule has 1 aliphatic rings. The number of hydrogen-bond acceptors (Lipinski definition) is 6. The van der Waals surface area contributed by atoms with E-state index in [1.54, 1.807) is 41.4 Å². The zero-order valence-electron chi connectivity index (χ0n) is 17.4. The lowest BCUT2D eigenvalue weighted by Gasteiger charge is -2.21. The van der Waals surface area contributed by atoms with Crippen LogP contribution in [0.15, 0.2) is 58.4 Å². The molecule has 2 aromatic heterocycles. The minimum absolute atomic E-state index is 0.0164. The molecule has 0 aliphatic carbocycles. The summed E-state index contributed by atoms with van der Waals surface area (Å²) in [6.07, 6.45) is 3.96. The van der Waals surface area contributed by atoms with Crippen molar-refractivity contribution in [2.75, 3.05) is 0 Å². The smallest absolute Gasteiger partial charge is 0.269 e. The van der Waals surface area contributed by atoms with E-state index in [1.807, 2.05) is 39.0 Å². The van der Waals surface area contributed by atoms with E-state index < -0.39 is 0 Å². The first-order valence-corrected chi connectivity index (χ1v) is 11.1. The highest BCUT2D eigenvalue weighted by atomic mass is 32.2. The zero-order valence-corrected chi connectivity index (χ0v) is 19.0. The van der Waals surface area contributed by atoms with Crippen molar-refractivity contribution in [2.24, 2.45) is 0 Å². The Morgan fingerprint density at radius 2 is 2.03 bits per heavy atom. The number of fused-ring (bicyclic) bond motifs is 1. The van der Waals surface area contributed by atoms with Crippen LogP contribution in [0.4, 0.5) is 0 Å². The fourth-order valence-corrected chi connectivity index (χ4v) is 4.69. The van der Waals surface area contributed by atoms with Crippen molar-refractivity contribution in [2.45, 2.75) is 33.2 Å². The van der Waals surface area contributed by atoms with Gasteiger partial charge in [0, 0.05) is 12.2 Å². The normalized spacial score (nSPS) is 16.4. The fourth-order valence-electron chi connectivity index (χ4n) is 3.25. The van der Waals surface area contributed by atoms with Crippen molar-refractivity contribution in [1.29, 1.82) is 0 Å². The summed E-state index contributed by atoms with van der Waals surface area (Å²) >= 11 is 6.60. The SMILES string of the molecule is CC[C@H](C)N1C(=O)/C(=C/c2c(Oc3cccc(C)c3)nc3ccccn3c2=O)SC1=S. The van der Waals surface area contributed by atoms with E-state index in [1.165, 1.54) is 16.2 Å². The van der Waals surface area contributed by atoms with E-state index in [0.29, 0.717) is 20.6 Å². The van der Waals surface area contributed by atoms with Crippen LogP contribution in [0, 0.1) is 6.92 Å². The highest BCUT2D eigenvalue weighted by molar-refractivity contribution is 8.26. The van der Waals surface area contributed by atoms with Crippen molar-refractivity contribution >= 4 is 45.9 Å². The molecular weight excluding hydrogens is 430 g/mol. The fraction of sp³-hybridized carbons (Fsp3) is 0.217. The van der Waals surface area contributed by atoms with Crippen molar-refractivity contribution in [3.63, 3.8) is 0 Å². The van der Waals surface area contributed by atoms with Crippen LogP contribution in [-0.2, 0) is 4.79 Å². The summed E-state index contributed by atoms with van der Waals surface area (Å²) in [7, 11) is 0. The molecule has 0 bridgehead atoms. The van der Waals surface area contributed by atoms with E-state index in [2.05, 4.69) is 4.98 Å². The molecule has 3 heterocycles. The molecule has 0 N–H and O–H groups in total. The summed E-state index contributed by atoms with van der Waals surface area (Å²) in [5.74, 6) is 0.507. The van der Waals surface area contributed by atoms with Gasteiger partial charge in [-0.15, -0.1) is 0 Å². The average molecular weight is 452 g/mol. The summed E-state index contributed by atoms with van der Waals surface area (Å²) in [6, 6.07) is 12.8. The van der Waals surface area contributed by atoms with E-state index >= 15 is 0 Å². The molecule has 4 rings (SSSR count). The maximum Gasteiger partial charge on any atom is 0.269 e. The number of rotatable bonds is 5. The van der Waals surface area contributed by atoms with Crippen molar-refractivity contribution < 1.29 is 9.53 Å². The maximum atomic E-state index is 13.3. The lowest BCUT2D eigenvalue weighted by molar-refractivity contribution is -0.123. The number of pyridine rings is 1. The van der Waals surface area contributed by atoms with Crippen LogP contribution in [0.1, 0.15) is 31.4 Å². The zero-order chi connectivity index (χ0) is 22.1. The molecule has 31 heavy (non-hydrogen) atoms. The minimum Gasteiger partial charge on any atom is -0.438 e. The van der Waals surface area contributed by atoms with Gasteiger partial charge in [-0.1, -0.05) is 49.1 Å². The molecule has 158 valence electrons. The number of thioether (sulfide) groups is 1. The number of thiocarbonyl (C=S) groups is 1. The van der Waals surface area contributed by atoms with E-state index in [-0.39, 0.29) is 29.0 Å².